The molecule has 30 heavy (non-hydrogen) atoms. The highest BCUT2D eigenvalue weighted by Crippen LogP contribution is 2.26. The minimum atomic E-state index is -0.235. The van der Waals surface area contributed by atoms with Gasteiger partial charge in [0, 0.05) is 30.6 Å². The number of nitrogens with zero attached hydrogens (tertiary/aromatic N) is 5. The van der Waals surface area contributed by atoms with Gasteiger partial charge in [-0.15, -0.1) is 11.3 Å². The molecule has 2 aromatic heterocycles. The monoisotopic (exact) mass is 429 g/mol. The Labute approximate surface area is 180 Å². The molecule has 1 fully saturated rings. The maximum absolute atomic E-state index is 12.2. The molecule has 0 radical (unpaired) electrons. The number of carbonyl (C=O) groups is 1. The van der Waals surface area contributed by atoms with E-state index in [1.165, 1.54) is 11.3 Å². The molecule has 1 amide bonds. The Morgan fingerprint density at radius 1 is 1.47 bits per heavy atom. The number of ether oxygens (including phenoxy) is 1. The maximum atomic E-state index is 12.2. The normalized spacial score (nSPS) is 16.9. The van der Waals surface area contributed by atoms with Gasteiger partial charge in [0.2, 0.25) is 5.95 Å². The molecular weight excluding hydrogens is 402 g/mol. The fourth-order valence-electron chi connectivity index (χ4n) is 3.28. The SMILES string of the molecule is CC(C)OCCNC(=O)c1csc(Nc2nccc([C@@H]3CCCN(CC#N)C3)n2)n1. The fourth-order valence-corrected chi connectivity index (χ4v) is 3.97. The molecule has 3 rings (SSSR count). The molecule has 10 heteroatoms. The average Bonchev–Trinajstić information content (AvgIpc) is 3.20. The van der Waals surface area contributed by atoms with E-state index in [4.69, 9.17) is 10.00 Å². The highest BCUT2D eigenvalue weighted by molar-refractivity contribution is 7.14. The zero-order valence-electron chi connectivity index (χ0n) is 17.3. The number of anilines is 2. The Kier molecular flexibility index (Phi) is 8.07. The molecule has 9 nitrogen and oxygen atoms in total. The van der Waals surface area contributed by atoms with Crippen molar-refractivity contribution in [2.75, 3.05) is 38.1 Å². The molecule has 1 aliphatic rings. The van der Waals surface area contributed by atoms with Crippen molar-refractivity contribution in [3.8, 4) is 6.07 Å². The second-order valence-electron chi connectivity index (χ2n) is 7.38. The van der Waals surface area contributed by atoms with E-state index in [0.29, 0.717) is 36.5 Å². The van der Waals surface area contributed by atoms with Crippen LogP contribution in [0.3, 0.4) is 0 Å². The van der Waals surface area contributed by atoms with Crippen LogP contribution in [0.1, 0.15) is 48.8 Å². The Morgan fingerprint density at radius 2 is 2.33 bits per heavy atom. The second-order valence-corrected chi connectivity index (χ2v) is 8.23. The summed E-state index contributed by atoms with van der Waals surface area (Å²) in [4.78, 5) is 27.6. The lowest BCUT2D eigenvalue weighted by molar-refractivity contribution is 0.0745. The van der Waals surface area contributed by atoms with Crippen molar-refractivity contribution >= 4 is 28.3 Å². The zero-order valence-corrected chi connectivity index (χ0v) is 18.1. The maximum Gasteiger partial charge on any atom is 0.270 e. The van der Waals surface area contributed by atoms with Crippen LogP contribution in [-0.4, -0.2) is 64.6 Å². The van der Waals surface area contributed by atoms with Crippen molar-refractivity contribution in [2.45, 2.75) is 38.7 Å². The van der Waals surface area contributed by atoms with Crippen molar-refractivity contribution < 1.29 is 9.53 Å². The molecular formula is C20H27N7O2S. The quantitative estimate of drug-likeness (QED) is 0.461. The lowest BCUT2D eigenvalue weighted by Gasteiger charge is -2.30. The standard InChI is InChI=1S/C20H27N7O2S/c1-14(2)29-11-8-22-18(28)17-13-30-20(25-17)26-19-23-7-5-16(24-19)15-4-3-9-27(12-15)10-6-21/h5,7,13-15H,3-4,8-12H2,1-2H3,(H,22,28)(H,23,24,25,26)/t15-/m1/s1. The van der Waals surface area contributed by atoms with Gasteiger partial charge in [-0.2, -0.15) is 5.26 Å². The first kappa shape index (κ1) is 22.1. The molecule has 0 unspecified atom stereocenters. The number of aromatic nitrogens is 3. The van der Waals surface area contributed by atoms with Gasteiger partial charge in [-0.3, -0.25) is 9.69 Å². The smallest absolute Gasteiger partial charge is 0.270 e. The van der Waals surface area contributed by atoms with Gasteiger partial charge in [-0.05, 0) is 39.3 Å². The van der Waals surface area contributed by atoms with Crippen molar-refractivity contribution in [3.05, 3.63) is 29.0 Å². The van der Waals surface area contributed by atoms with Gasteiger partial charge in [-0.25, -0.2) is 15.0 Å². The largest absolute Gasteiger partial charge is 0.377 e. The number of carbonyl (C=O) groups excluding carboxylic acids is 1. The Morgan fingerprint density at radius 3 is 3.13 bits per heavy atom. The molecule has 1 atom stereocenters. The molecule has 0 spiro atoms. The number of hydrogen-bond donors (Lipinski definition) is 2. The number of rotatable bonds is 9. The minimum absolute atomic E-state index is 0.135. The van der Waals surface area contributed by atoms with Crippen LogP contribution in [0.15, 0.2) is 17.6 Å². The summed E-state index contributed by atoms with van der Waals surface area (Å²) in [5.41, 5.74) is 1.30. The number of amides is 1. The molecule has 1 aliphatic heterocycles. The highest BCUT2D eigenvalue weighted by Gasteiger charge is 2.22. The Bertz CT molecular complexity index is 880. The van der Waals surface area contributed by atoms with Crippen LogP contribution in [0.4, 0.5) is 11.1 Å². The number of nitriles is 1. The van der Waals surface area contributed by atoms with Gasteiger partial charge < -0.3 is 15.4 Å². The van der Waals surface area contributed by atoms with Crippen molar-refractivity contribution in [3.63, 3.8) is 0 Å². The van der Waals surface area contributed by atoms with E-state index < -0.39 is 0 Å². The van der Waals surface area contributed by atoms with Crippen molar-refractivity contribution in [2.24, 2.45) is 0 Å². The van der Waals surface area contributed by atoms with E-state index >= 15 is 0 Å². The van der Waals surface area contributed by atoms with E-state index in [0.717, 1.165) is 31.6 Å². The van der Waals surface area contributed by atoms with E-state index in [9.17, 15) is 4.79 Å². The van der Waals surface area contributed by atoms with Crippen LogP contribution in [-0.2, 0) is 4.74 Å². The van der Waals surface area contributed by atoms with Crippen molar-refractivity contribution in [1.82, 2.24) is 25.2 Å². The highest BCUT2D eigenvalue weighted by atomic mass is 32.1. The Hall–Kier alpha value is -2.61. The molecule has 2 N–H and O–H groups in total. The third-order valence-corrected chi connectivity index (χ3v) is 5.45. The first-order valence-corrected chi connectivity index (χ1v) is 11.0. The van der Waals surface area contributed by atoms with Crippen LogP contribution in [0.5, 0.6) is 0 Å². The third-order valence-electron chi connectivity index (χ3n) is 4.69. The van der Waals surface area contributed by atoms with Crippen LogP contribution < -0.4 is 10.6 Å². The predicted octanol–water partition coefficient (Wildman–Crippen LogP) is 2.53. The number of nitrogens with one attached hydrogen (secondary N) is 2. The van der Waals surface area contributed by atoms with E-state index in [-0.39, 0.29) is 17.9 Å². The predicted molar refractivity (Wildman–Crippen MR) is 115 cm³/mol. The van der Waals surface area contributed by atoms with Gasteiger partial charge >= 0.3 is 0 Å². The average molecular weight is 430 g/mol. The topological polar surface area (TPSA) is 116 Å². The van der Waals surface area contributed by atoms with Crippen LogP contribution in [0.2, 0.25) is 0 Å². The summed E-state index contributed by atoms with van der Waals surface area (Å²) in [5, 5.41) is 17.1. The number of hydrogen-bond acceptors (Lipinski definition) is 9. The minimum Gasteiger partial charge on any atom is -0.377 e. The molecule has 1 saturated heterocycles. The molecule has 0 saturated carbocycles. The molecule has 0 bridgehead atoms. The zero-order chi connectivity index (χ0) is 21.3. The summed E-state index contributed by atoms with van der Waals surface area (Å²) in [6.07, 6.45) is 3.95. The molecule has 0 aromatic carbocycles. The fraction of sp³-hybridized carbons (Fsp3) is 0.550. The van der Waals surface area contributed by atoms with Gasteiger partial charge in [0.25, 0.3) is 5.91 Å². The summed E-state index contributed by atoms with van der Waals surface area (Å²) in [5.74, 6) is 0.499. The summed E-state index contributed by atoms with van der Waals surface area (Å²) >= 11 is 1.33. The van der Waals surface area contributed by atoms with Gasteiger partial charge in [0.05, 0.1) is 31.0 Å². The number of likely N-dealkylation sites (tertiary alicyclic amines) is 1. The second kappa shape index (κ2) is 11.0. The number of thiazole rings is 1. The molecule has 160 valence electrons. The lowest BCUT2D eigenvalue weighted by atomic mass is 9.94. The van der Waals surface area contributed by atoms with E-state index in [1.807, 2.05) is 19.9 Å². The van der Waals surface area contributed by atoms with Crippen LogP contribution in [0.25, 0.3) is 0 Å². The first-order chi connectivity index (χ1) is 14.5. The summed E-state index contributed by atoms with van der Waals surface area (Å²) < 4.78 is 5.41. The van der Waals surface area contributed by atoms with Crippen molar-refractivity contribution in [1.29, 1.82) is 5.26 Å². The van der Waals surface area contributed by atoms with Gasteiger partial charge in [0.1, 0.15) is 5.69 Å². The molecule has 0 aliphatic carbocycles. The van der Waals surface area contributed by atoms with Gasteiger partial charge in [-0.1, -0.05) is 0 Å². The summed E-state index contributed by atoms with van der Waals surface area (Å²) in [6.45, 7) is 7.03. The summed E-state index contributed by atoms with van der Waals surface area (Å²) in [6, 6.07) is 4.14. The van der Waals surface area contributed by atoms with E-state index in [1.54, 1.807) is 11.6 Å². The lowest BCUT2D eigenvalue weighted by Crippen LogP contribution is -2.34. The first-order valence-electron chi connectivity index (χ1n) is 10.1. The number of piperidine rings is 1. The Balaban J connectivity index is 1.56. The van der Waals surface area contributed by atoms with Crippen LogP contribution in [0, 0.1) is 11.3 Å². The molecule has 3 heterocycles. The summed E-state index contributed by atoms with van der Waals surface area (Å²) in [7, 11) is 0. The van der Waals surface area contributed by atoms with E-state index in [2.05, 4.69) is 36.6 Å². The molecule has 2 aromatic rings. The van der Waals surface area contributed by atoms with Gasteiger partial charge in [0.15, 0.2) is 5.13 Å². The van der Waals surface area contributed by atoms with Crippen LogP contribution >= 0.6 is 11.3 Å². The third kappa shape index (κ3) is 6.45.